The van der Waals surface area contributed by atoms with Crippen LogP contribution >= 0.6 is 82.5 Å². The second kappa shape index (κ2) is 35.3. The number of hydrogen-bond donors (Lipinski definition) is 0. The Hall–Kier alpha value is 3.27. The average molecular weight is 878 g/mol. The fourth-order valence-corrected chi connectivity index (χ4v) is 24.0. The van der Waals surface area contributed by atoms with Gasteiger partial charge in [-0.1, -0.05) is 57.0 Å². The van der Waals surface area contributed by atoms with E-state index in [0.29, 0.717) is 11.1 Å². The van der Waals surface area contributed by atoms with Gasteiger partial charge in [0.2, 0.25) is 0 Å². The standard InChI is InChI=1S/C12H30O6S4Si2.C12H30O4S4Si2/c1-13-23(14-2,15-3)11-7-9-19-21-22-20-10-8-12-24(16-4,17-5)18-6;1-11(21(13-3)14-4)7-9-17-19-20-18-10-8-12(2)22(15-5)16-6/h7-12H2,1-6H3;11-12,21-22H,7-10H2,1-6H3. The summed E-state index contributed by atoms with van der Waals surface area (Å²) in [4.78, 5) is 0. The molecule has 0 amide bonds. The van der Waals surface area contributed by atoms with Gasteiger partial charge in [0, 0.05) is 106 Å². The van der Waals surface area contributed by atoms with Crippen molar-refractivity contribution in [2.24, 2.45) is 0 Å². The van der Waals surface area contributed by atoms with Crippen LogP contribution in [0, 0.1) is 0 Å². The molecule has 0 saturated heterocycles. The van der Waals surface area contributed by atoms with Crippen LogP contribution in [0.1, 0.15) is 39.5 Å². The summed E-state index contributed by atoms with van der Waals surface area (Å²) in [5.74, 6) is 4.40. The topological polar surface area (TPSA) is 92.3 Å². The maximum atomic E-state index is 5.41. The molecule has 280 valence electrons. The Morgan fingerprint density at radius 2 is 0.696 bits per heavy atom. The molecule has 0 fully saturated rings. The Bertz CT molecular complexity index is 583. The first-order valence-corrected chi connectivity index (χ1v) is 32.1. The van der Waals surface area contributed by atoms with Gasteiger partial charge in [-0.25, -0.2) is 0 Å². The van der Waals surface area contributed by atoms with Crippen LogP contribution in [0.5, 0.6) is 0 Å². The molecule has 0 aliphatic heterocycles. The van der Waals surface area contributed by atoms with Crippen molar-refractivity contribution in [1.29, 1.82) is 0 Å². The van der Waals surface area contributed by atoms with Crippen molar-refractivity contribution in [2.75, 3.05) is 94.1 Å². The van der Waals surface area contributed by atoms with Crippen LogP contribution in [0.3, 0.4) is 0 Å². The smallest absolute Gasteiger partial charge is 0.400 e. The van der Waals surface area contributed by atoms with Crippen LogP contribution in [0.15, 0.2) is 0 Å². The summed E-state index contributed by atoms with van der Waals surface area (Å²) in [5, 5.41) is 0. The van der Waals surface area contributed by atoms with Gasteiger partial charge < -0.3 is 44.3 Å². The van der Waals surface area contributed by atoms with Crippen LogP contribution in [-0.4, -0.2) is 130 Å². The van der Waals surface area contributed by atoms with E-state index in [1.54, 1.807) is 71.1 Å². The third-order valence-corrected chi connectivity index (χ3v) is 29.9. The second-order valence-electron chi connectivity index (χ2n) is 9.57. The minimum Gasteiger partial charge on any atom is -0.400 e. The lowest BCUT2D eigenvalue weighted by Gasteiger charge is -2.24. The van der Waals surface area contributed by atoms with Gasteiger partial charge in [-0.3, -0.25) is 0 Å². The highest BCUT2D eigenvalue weighted by molar-refractivity contribution is 9.26. The Morgan fingerprint density at radius 3 is 0.935 bits per heavy atom. The van der Waals surface area contributed by atoms with Crippen molar-refractivity contribution in [2.45, 2.75) is 62.7 Å². The predicted octanol–water partition coefficient (Wildman–Crippen LogP) is 8.45. The zero-order chi connectivity index (χ0) is 35.1. The van der Waals surface area contributed by atoms with Gasteiger partial charge in [-0.15, -0.1) is 0 Å². The van der Waals surface area contributed by atoms with Crippen molar-refractivity contribution in [3.05, 3.63) is 0 Å². The molecule has 10 nitrogen and oxygen atoms in total. The molecule has 46 heavy (non-hydrogen) atoms. The molecule has 0 aromatic carbocycles. The fourth-order valence-electron chi connectivity index (χ4n) is 3.88. The van der Waals surface area contributed by atoms with Gasteiger partial charge in [-0.05, 0) is 76.1 Å². The van der Waals surface area contributed by atoms with Crippen molar-refractivity contribution >= 4 is 119 Å². The maximum absolute atomic E-state index is 5.41. The van der Waals surface area contributed by atoms with E-state index in [4.69, 9.17) is 44.3 Å². The molecule has 0 aliphatic carbocycles. The van der Waals surface area contributed by atoms with Crippen molar-refractivity contribution in [3.63, 3.8) is 0 Å². The predicted molar refractivity (Wildman–Crippen MR) is 223 cm³/mol. The van der Waals surface area contributed by atoms with E-state index < -0.39 is 36.2 Å². The molecular formula is C24H60O10S8Si4. The van der Waals surface area contributed by atoms with Crippen LogP contribution in [0.25, 0.3) is 0 Å². The van der Waals surface area contributed by atoms with Crippen molar-refractivity contribution in [3.8, 4) is 0 Å². The van der Waals surface area contributed by atoms with Crippen LogP contribution in [0.2, 0.25) is 23.2 Å². The number of hydrogen-bond acceptors (Lipinski definition) is 18. The molecule has 0 rings (SSSR count). The molecule has 0 saturated carbocycles. The molecule has 22 heteroatoms. The fraction of sp³-hybridized carbons (Fsp3) is 1.00. The van der Waals surface area contributed by atoms with E-state index >= 15 is 0 Å². The highest BCUT2D eigenvalue weighted by atomic mass is 33.7. The third-order valence-electron chi connectivity index (χ3n) is 6.71. The maximum Gasteiger partial charge on any atom is 0.500 e. The first kappa shape index (κ1) is 51.4. The zero-order valence-electron chi connectivity index (χ0n) is 29.7. The van der Waals surface area contributed by atoms with Crippen LogP contribution in [0.4, 0.5) is 0 Å². The van der Waals surface area contributed by atoms with E-state index in [1.165, 1.54) is 0 Å². The molecular weight excluding hydrogens is 817 g/mol. The normalized spacial score (nSPS) is 13.7. The lowest BCUT2D eigenvalue weighted by molar-refractivity contribution is 0.123. The SMILES string of the molecule is CO[SiH](OC)C(C)CCSSSSCCC(C)[SiH](OC)OC.CO[Si](CCCSSSSCCC[Si](OC)(OC)OC)(OC)OC. The summed E-state index contributed by atoms with van der Waals surface area (Å²) < 4.78 is 54.1. The lowest BCUT2D eigenvalue weighted by atomic mass is 10.4. The molecule has 0 radical (unpaired) electrons. The van der Waals surface area contributed by atoms with E-state index in [1.807, 2.05) is 82.5 Å². The largest absolute Gasteiger partial charge is 0.500 e. The monoisotopic (exact) mass is 876 g/mol. The first-order chi connectivity index (χ1) is 22.2. The van der Waals surface area contributed by atoms with E-state index in [9.17, 15) is 0 Å². The quantitative estimate of drug-likeness (QED) is 0.0367. The Kier molecular flexibility index (Phi) is 39.4. The zero-order valence-corrected chi connectivity index (χ0v) is 40.6. The van der Waals surface area contributed by atoms with E-state index in [0.717, 1.165) is 60.8 Å². The minimum atomic E-state index is -2.40. The highest BCUT2D eigenvalue weighted by Gasteiger charge is 2.37. The van der Waals surface area contributed by atoms with Gasteiger partial charge in [0.1, 0.15) is 0 Å². The summed E-state index contributed by atoms with van der Waals surface area (Å²) >= 11 is 0. The molecule has 0 bridgehead atoms. The summed E-state index contributed by atoms with van der Waals surface area (Å²) in [6.07, 6.45) is 4.36. The van der Waals surface area contributed by atoms with Gasteiger partial charge in [-0.2, -0.15) is 0 Å². The highest BCUT2D eigenvalue weighted by Crippen LogP contribution is 2.45. The third kappa shape index (κ3) is 25.3. The lowest BCUT2D eigenvalue weighted by Crippen LogP contribution is -2.42. The second-order valence-corrected chi connectivity index (χ2v) is 33.9. The summed E-state index contributed by atoms with van der Waals surface area (Å²) in [7, 11) is 24.2. The molecule has 0 aliphatic rings. The Morgan fingerprint density at radius 1 is 0.435 bits per heavy atom. The van der Waals surface area contributed by atoms with E-state index in [2.05, 4.69) is 13.8 Å². The van der Waals surface area contributed by atoms with Crippen molar-refractivity contribution < 1.29 is 44.3 Å². The van der Waals surface area contributed by atoms with E-state index in [-0.39, 0.29) is 0 Å². The minimum absolute atomic E-state index is 0.562. The molecule has 0 aromatic heterocycles. The summed E-state index contributed by atoms with van der Waals surface area (Å²) in [6, 6.07) is 1.69. The van der Waals surface area contributed by atoms with Gasteiger partial charge >= 0.3 is 36.2 Å². The summed E-state index contributed by atoms with van der Waals surface area (Å²) in [6.45, 7) is 4.45. The first-order valence-electron chi connectivity index (χ1n) is 14.7. The molecule has 0 spiro atoms. The molecule has 0 heterocycles. The molecule has 0 N–H and O–H groups in total. The molecule has 0 aromatic rings. The van der Waals surface area contributed by atoms with Crippen molar-refractivity contribution in [1.82, 2.24) is 0 Å². The van der Waals surface area contributed by atoms with Gasteiger partial charge in [0.05, 0.1) is 0 Å². The van der Waals surface area contributed by atoms with Gasteiger partial charge in [0.15, 0.2) is 0 Å². The number of rotatable bonds is 32. The molecule has 2 atom stereocenters. The molecule has 2 unspecified atom stereocenters. The van der Waals surface area contributed by atoms with Crippen LogP contribution < -0.4 is 0 Å². The van der Waals surface area contributed by atoms with Gasteiger partial charge in [0.25, 0.3) is 0 Å². The van der Waals surface area contributed by atoms with Crippen LogP contribution in [-0.2, 0) is 44.3 Å². The summed E-state index contributed by atoms with van der Waals surface area (Å²) in [5.41, 5.74) is 1.12. The Labute approximate surface area is 317 Å². The average Bonchev–Trinajstić information content (AvgIpc) is 3.08. The Balaban J connectivity index is 0.